The molecule has 1 heterocycles. The highest BCUT2D eigenvalue weighted by molar-refractivity contribution is 5.93. The van der Waals surface area contributed by atoms with Crippen molar-refractivity contribution < 1.29 is 9.84 Å². The van der Waals surface area contributed by atoms with Gasteiger partial charge in [0.2, 0.25) is 0 Å². The second kappa shape index (κ2) is 5.81. The van der Waals surface area contributed by atoms with Crippen molar-refractivity contribution in [3.05, 3.63) is 60.3 Å². The molecule has 4 heteroatoms. The Kier molecular flexibility index (Phi) is 3.71. The monoisotopic (exact) mass is 280 g/mol. The molecule has 0 fully saturated rings. The van der Waals surface area contributed by atoms with Crippen molar-refractivity contribution in [2.45, 2.75) is 6.42 Å². The summed E-state index contributed by atoms with van der Waals surface area (Å²) in [7, 11) is 0. The van der Waals surface area contributed by atoms with E-state index in [1.54, 1.807) is 6.20 Å². The number of anilines is 1. The molecule has 0 unspecified atom stereocenters. The van der Waals surface area contributed by atoms with Crippen LogP contribution in [0.25, 0.3) is 10.9 Å². The van der Waals surface area contributed by atoms with E-state index in [1.165, 1.54) is 0 Å². The Hall–Kier alpha value is -2.59. The van der Waals surface area contributed by atoms with Crippen LogP contribution in [0, 0.1) is 0 Å². The minimum Gasteiger partial charge on any atom is -0.455 e. The summed E-state index contributed by atoms with van der Waals surface area (Å²) in [6, 6.07) is 15.1. The van der Waals surface area contributed by atoms with Gasteiger partial charge in [0.15, 0.2) is 5.75 Å². The molecule has 106 valence electrons. The van der Waals surface area contributed by atoms with Gasteiger partial charge in [-0.2, -0.15) is 0 Å². The SMILES string of the molecule is Nc1c(Oc2ccc(CCO)cc2)ccc2ncccc12. The number of nitrogens with two attached hydrogens (primary N) is 1. The summed E-state index contributed by atoms with van der Waals surface area (Å²) in [5.74, 6) is 1.33. The number of ether oxygens (including phenoxy) is 1. The van der Waals surface area contributed by atoms with Crippen LogP contribution in [0.1, 0.15) is 5.56 Å². The van der Waals surface area contributed by atoms with Crippen molar-refractivity contribution in [3.8, 4) is 11.5 Å². The predicted octanol–water partition coefficient (Wildman–Crippen LogP) is 3.14. The van der Waals surface area contributed by atoms with Gasteiger partial charge in [0.25, 0.3) is 0 Å². The van der Waals surface area contributed by atoms with Crippen molar-refractivity contribution in [1.29, 1.82) is 0 Å². The molecule has 0 saturated carbocycles. The lowest BCUT2D eigenvalue weighted by atomic mass is 10.1. The Balaban J connectivity index is 1.89. The third-order valence-corrected chi connectivity index (χ3v) is 3.34. The molecule has 0 atom stereocenters. The van der Waals surface area contributed by atoms with Crippen molar-refractivity contribution >= 4 is 16.6 Å². The number of fused-ring (bicyclic) bond motifs is 1. The summed E-state index contributed by atoms with van der Waals surface area (Å²) >= 11 is 0. The Morgan fingerprint density at radius 2 is 1.86 bits per heavy atom. The quantitative estimate of drug-likeness (QED) is 0.720. The standard InChI is InChI=1S/C17H16N2O2/c18-17-14-2-1-10-19-15(14)7-8-16(17)21-13-5-3-12(4-6-13)9-11-20/h1-8,10,20H,9,11,18H2. The maximum atomic E-state index is 8.91. The van der Waals surface area contributed by atoms with Gasteiger partial charge >= 0.3 is 0 Å². The lowest BCUT2D eigenvalue weighted by molar-refractivity contribution is 0.299. The van der Waals surface area contributed by atoms with Crippen LogP contribution < -0.4 is 10.5 Å². The van der Waals surface area contributed by atoms with Gasteiger partial charge in [0.1, 0.15) is 5.75 Å². The molecular formula is C17H16N2O2. The molecule has 0 spiro atoms. The molecule has 0 aliphatic carbocycles. The van der Waals surface area contributed by atoms with Gasteiger partial charge in [0.05, 0.1) is 11.2 Å². The fraction of sp³-hybridized carbons (Fsp3) is 0.118. The number of rotatable bonds is 4. The van der Waals surface area contributed by atoms with E-state index in [-0.39, 0.29) is 6.61 Å². The zero-order valence-corrected chi connectivity index (χ0v) is 11.5. The molecule has 1 aromatic heterocycles. The number of aromatic nitrogens is 1. The molecule has 0 radical (unpaired) electrons. The fourth-order valence-corrected chi connectivity index (χ4v) is 2.22. The molecule has 0 amide bonds. The summed E-state index contributed by atoms with van der Waals surface area (Å²) in [6.07, 6.45) is 2.38. The van der Waals surface area contributed by atoms with Crippen LogP contribution in [0.4, 0.5) is 5.69 Å². The van der Waals surface area contributed by atoms with Gasteiger partial charge in [-0.1, -0.05) is 12.1 Å². The second-order valence-corrected chi connectivity index (χ2v) is 4.77. The van der Waals surface area contributed by atoms with Gasteiger partial charge in [-0.3, -0.25) is 4.98 Å². The smallest absolute Gasteiger partial charge is 0.151 e. The lowest BCUT2D eigenvalue weighted by Crippen LogP contribution is -1.95. The molecule has 4 nitrogen and oxygen atoms in total. The second-order valence-electron chi connectivity index (χ2n) is 4.77. The van der Waals surface area contributed by atoms with E-state index in [0.29, 0.717) is 23.6 Å². The summed E-state index contributed by atoms with van der Waals surface area (Å²) in [6.45, 7) is 0.144. The molecule has 0 aliphatic heterocycles. The Bertz CT molecular complexity index is 754. The molecular weight excluding hydrogens is 264 g/mol. The van der Waals surface area contributed by atoms with Crippen molar-refractivity contribution in [2.24, 2.45) is 0 Å². The van der Waals surface area contributed by atoms with Crippen LogP contribution in [0.2, 0.25) is 0 Å². The maximum Gasteiger partial charge on any atom is 0.151 e. The minimum atomic E-state index is 0.144. The van der Waals surface area contributed by atoms with E-state index < -0.39 is 0 Å². The zero-order valence-electron chi connectivity index (χ0n) is 11.5. The number of benzene rings is 2. The van der Waals surface area contributed by atoms with Gasteiger partial charge < -0.3 is 15.6 Å². The predicted molar refractivity (Wildman–Crippen MR) is 83.5 cm³/mol. The molecule has 21 heavy (non-hydrogen) atoms. The number of nitrogens with zero attached hydrogens (tertiary/aromatic N) is 1. The first kappa shape index (κ1) is 13.4. The van der Waals surface area contributed by atoms with Crippen molar-refractivity contribution in [3.63, 3.8) is 0 Å². The average molecular weight is 280 g/mol. The van der Waals surface area contributed by atoms with Crippen LogP contribution in [0.5, 0.6) is 11.5 Å². The summed E-state index contributed by atoms with van der Waals surface area (Å²) in [4.78, 5) is 4.26. The van der Waals surface area contributed by atoms with Crippen LogP contribution in [0.15, 0.2) is 54.7 Å². The highest BCUT2D eigenvalue weighted by Gasteiger charge is 2.07. The number of aliphatic hydroxyl groups is 1. The Morgan fingerprint density at radius 3 is 2.62 bits per heavy atom. The molecule has 0 bridgehead atoms. The molecule has 0 saturated heterocycles. The highest BCUT2D eigenvalue weighted by atomic mass is 16.5. The van der Waals surface area contributed by atoms with Crippen molar-refractivity contribution in [1.82, 2.24) is 4.98 Å². The molecule has 3 rings (SSSR count). The summed E-state index contributed by atoms with van der Waals surface area (Å²) in [5, 5.41) is 9.79. The van der Waals surface area contributed by atoms with Gasteiger partial charge in [-0.25, -0.2) is 0 Å². The molecule has 3 N–H and O–H groups in total. The van der Waals surface area contributed by atoms with E-state index in [2.05, 4.69) is 4.98 Å². The largest absolute Gasteiger partial charge is 0.455 e. The first-order valence-corrected chi connectivity index (χ1v) is 6.79. The van der Waals surface area contributed by atoms with Gasteiger partial charge in [-0.15, -0.1) is 0 Å². The Morgan fingerprint density at radius 1 is 1.05 bits per heavy atom. The fourth-order valence-electron chi connectivity index (χ4n) is 2.22. The molecule has 2 aromatic carbocycles. The van der Waals surface area contributed by atoms with Crippen LogP contribution >= 0.6 is 0 Å². The minimum absolute atomic E-state index is 0.144. The maximum absolute atomic E-state index is 8.91. The summed E-state index contributed by atoms with van der Waals surface area (Å²) in [5.41, 5.74) is 8.65. The first-order valence-electron chi connectivity index (χ1n) is 6.79. The van der Waals surface area contributed by atoms with E-state index in [9.17, 15) is 0 Å². The van der Waals surface area contributed by atoms with E-state index >= 15 is 0 Å². The highest BCUT2D eigenvalue weighted by Crippen LogP contribution is 2.32. The van der Waals surface area contributed by atoms with Gasteiger partial charge in [-0.05, 0) is 48.4 Å². The van der Waals surface area contributed by atoms with Crippen LogP contribution in [-0.4, -0.2) is 16.7 Å². The van der Waals surface area contributed by atoms with E-state index in [4.69, 9.17) is 15.6 Å². The normalized spacial score (nSPS) is 10.7. The number of hydrogen-bond donors (Lipinski definition) is 2. The third-order valence-electron chi connectivity index (χ3n) is 3.34. The number of nitrogen functional groups attached to an aromatic ring is 1. The van der Waals surface area contributed by atoms with E-state index in [1.807, 2.05) is 48.5 Å². The number of pyridine rings is 1. The number of hydrogen-bond acceptors (Lipinski definition) is 4. The van der Waals surface area contributed by atoms with Gasteiger partial charge in [0, 0.05) is 18.2 Å². The van der Waals surface area contributed by atoms with Crippen molar-refractivity contribution in [2.75, 3.05) is 12.3 Å². The van der Waals surface area contributed by atoms with Crippen LogP contribution in [-0.2, 0) is 6.42 Å². The van der Waals surface area contributed by atoms with Crippen LogP contribution in [0.3, 0.4) is 0 Å². The number of aliphatic hydroxyl groups excluding tert-OH is 1. The third kappa shape index (κ3) is 2.80. The first-order chi connectivity index (χ1) is 10.3. The Labute approximate surface area is 122 Å². The van der Waals surface area contributed by atoms with E-state index in [0.717, 1.165) is 16.5 Å². The topological polar surface area (TPSA) is 68.4 Å². The lowest BCUT2D eigenvalue weighted by Gasteiger charge is -2.11. The average Bonchev–Trinajstić information content (AvgIpc) is 2.52. The molecule has 0 aliphatic rings. The summed E-state index contributed by atoms with van der Waals surface area (Å²) < 4.78 is 5.84. The molecule has 3 aromatic rings. The zero-order chi connectivity index (χ0) is 14.7.